The van der Waals surface area contributed by atoms with Gasteiger partial charge in [-0.15, -0.1) is 0 Å². The van der Waals surface area contributed by atoms with E-state index in [9.17, 15) is 14.4 Å². The third kappa shape index (κ3) is 15.1. The Morgan fingerprint density at radius 3 is 1.93 bits per heavy atom. The third-order valence-corrected chi connectivity index (χ3v) is 3.58. The van der Waals surface area contributed by atoms with Crippen molar-refractivity contribution in [3.05, 3.63) is 0 Å². The molecule has 0 radical (unpaired) electrons. The van der Waals surface area contributed by atoms with Crippen molar-refractivity contribution < 1.29 is 23.9 Å². The van der Waals surface area contributed by atoms with Crippen LogP contribution in [0, 0.1) is 0 Å². The normalized spacial score (nSPS) is 12.7. The summed E-state index contributed by atoms with van der Waals surface area (Å²) in [5.41, 5.74) is -1.17. The maximum atomic E-state index is 12.3. The van der Waals surface area contributed by atoms with E-state index in [2.05, 4.69) is 16.0 Å². The van der Waals surface area contributed by atoms with Crippen LogP contribution in [-0.2, 0) is 14.3 Å². The third-order valence-electron chi connectivity index (χ3n) is 2.94. The molecule has 0 saturated heterocycles. The van der Waals surface area contributed by atoms with Gasteiger partial charge in [-0.1, -0.05) is 0 Å². The van der Waals surface area contributed by atoms with Crippen molar-refractivity contribution >= 4 is 29.9 Å². The van der Waals surface area contributed by atoms with Gasteiger partial charge in [-0.2, -0.15) is 11.8 Å². The lowest BCUT2D eigenvalue weighted by Crippen LogP contribution is -2.48. The van der Waals surface area contributed by atoms with E-state index in [1.807, 2.05) is 6.26 Å². The molecule has 0 rings (SSSR count). The molecule has 3 amide bonds. The molecule has 0 aromatic rings. The lowest BCUT2D eigenvalue weighted by molar-refractivity contribution is -0.123. The Balaban J connectivity index is 4.29. The lowest BCUT2D eigenvalue weighted by Gasteiger charge is -2.23. The first kappa shape index (κ1) is 25.4. The van der Waals surface area contributed by atoms with Crippen LogP contribution in [0.2, 0.25) is 0 Å². The molecule has 3 N–H and O–H groups in total. The van der Waals surface area contributed by atoms with Gasteiger partial charge in [0.15, 0.2) is 0 Å². The molecule has 0 aromatic heterocycles. The Morgan fingerprint density at radius 2 is 1.41 bits per heavy atom. The molecule has 9 heteroatoms. The fraction of sp³-hybridized carbons (Fsp3) is 0.833. The van der Waals surface area contributed by atoms with Gasteiger partial charge in [0.05, 0.1) is 0 Å². The molecule has 8 nitrogen and oxygen atoms in total. The molecule has 0 aromatic carbocycles. The van der Waals surface area contributed by atoms with Crippen molar-refractivity contribution in [1.82, 2.24) is 16.0 Å². The summed E-state index contributed by atoms with van der Waals surface area (Å²) in [4.78, 5) is 35.8. The van der Waals surface area contributed by atoms with Crippen LogP contribution in [-0.4, -0.2) is 60.4 Å². The predicted molar refractivity (Wildman–Crippen MR) is 108 cm³/mol. The highest BCUT2D eigenvalue weighted by Crippen LogP contribution is 2.08. The number of alkyl carbamates (subject to hydrolysis) is 2. The number of carbonyl (C=O) groups excluding carboxylic acids is 3. The van der Waals surface area contributed by atoms with Crippen LogP contribution >= 0.6 is 11.8 Å². The van der Waals surface area contributed by atoms with Crippen LogP contribution in [0.25, 0.3) is 0 Å². The van der Waals surface area contributed by atoms with Crippen LogP contribution < -0.4 is 16.0 Å². The summed E-state index contributed by atoms with van der Waals surface area (Å²) in [5, 5.41) is 8.02. The van der Waals surface area contributed by atoms with Crippen molar-refractivity contribution in [3.8, 4) is 0 Å². The zero-order valence-corrected chi connectivity index (χ0v) is 18.4. The number of nitrogens with one attached hydrogen (secondary N) is 3. The minimum absolute atomic E-state index is 0.271. The first-order valence-electron chi connectivity index (χ1n) is 9.07. The smallest absolute Gasteiger partial charge is 0.408 e. The van der Waals surface area contributed by atoms with Gasteiger partial charge >= 0.3 is 12.2 Å². The van der Waals surface area contributed by atoms with Gasteiger partial charge in [0.2, 0.25) is 5.91 Å². The Hall–Kier alpha value is -1.64. The van der Waals surface area contributed by atoms with Gasteiger partial charge in [-0.3, -0.25) is 4.79 Å². The molecule has 0 fully saturated rings. The average Bonchev–Trinajstić information content (AvgIpc) is 2.47. The molecule has 0 aliphatic rings. The summed E-state index contributed by atoms with van der Waals surface area (Å²) in [5.74, 6) is 0.459. The van der Waals surface area contributed by atoms with Gasteiger partial charge in [-0.25, -0.2) is 9.59 Å². The minimum atomic E-state index is -0.661. The van der Waals surface area contributed by atoms with Crippen molar-refractivity contribution in [1.29, 1.82) is 0 Å². The first-order chi connectivity index (χ1) is 12.3. The molecule has 0 aliphatic carbocycles. The van der Waals surface area contributed by atoms with E-state index in [0.29, 0.717) is 25.9 Å². The Bertz CT molecular complexity index is 486. The van der Waals surface area contributed by atoms with Crippen LogP contribution in [0.1, 0.15) is 54.4 Å². The minimum Gasteiger partial charge on any atom is -0.444 e. The van der Waals surface area contributed by atoms with E-state index in [-0.39, 0.29) is 5.91 Å². The van der Waals surface area contributed by atoms with E-state index < -0.39 is 29.4 Å². The van der Waals surface area contributed by atoms with Gasteiger partial charge < -0.3 is 25.4 Å². The second-order valence-electron chi connectivity index (χ2n) is 8.05. The number of rotatable bonds is 9. The molecule has 0 bridgehead atoms. The SMILES string of the molecule is CSCCC(NC(=O)OC(C)(C)C)C(=O)NCCCNC(=O)OC(C)(C)C. The molecule has 0 saturated carbocycles. The highest BCUT2D eigenvalue weighted by Gasteiger charge is 2.23. The van der Waals surface area contributed by atoms with Gasteiger partial charge in [0, 0.05) is 13.1 Å². The Morgan fingerprint density at radius 1 is 0.889 bits per heavy atom. The highest BCUT2D eigenvalue weighted by atomic mass is 32.2. The monoisotopic (exact) mass is 405 g/mol. The molecule has 0 aliphatic heterocycles. The summed E-state index contributed by atoms with van der Waals surface area (Å²) in [6, 6.07) is -0.661. The summed E-state index contributed by atoms with van der Waals surface area (Å²) in [6.45, 7) is 11.4. The van der Waals surface area contributed by atoms with Crippen molar-refractivity contribution in [2.24, 2.45) is 0 Å². The second-order valence-corrected chi connectivity index (χ2v) is 9.04. The maximum Gasteiger partial charge on any atom is 0.408 e. The predicted octanol–water partition coefficient (Wildman–Crippen LogP) is 2.66. The van der Waals surface area contributed by atoms with E-state index >= 15 is 0 Å². The van der Waals surface area contributed by atoms with Gasteiger partial charge in [-0.05, 0) is 66.4 Å². The largest absolute Gasteiger partial charge is 0.444 e. The average molecular weight is 406 g/mol. The summed E-state index contributed by atoms with van der Waals surface area (Å²) in [7, 11) is 0. The van der Waals surface area contributed by atoms with Crippen LogP contribution in [0.4, 0.5) is 9.59 Å². The van der Waals surface area contributed by atoms with Crippen LogP contribution in [0.15, 0.2) is 0 Å². The zero-order chi connectivity index (χ0) is 21.1. The van der Waals surface area contributed by atoms with Gasteiger partial charge in [0.1, 0.15) is 17.2 Å². The number of ether oxygens (including phenoxy) is 2. The zero-order valence-electron chi connectivity index (χ0n) is 17.6. The van der Waals surface area contributed by atoms with Crippen LogP contribution in [0.3, 0.4) is 0 Å². The van der Waals surface area contributed by atoms with Crippen molar-refractivity contribution in [3.63, 3.8) is 0 Å². The molecular weight excluding hydrogens is 370 g/mol. The van der Waals surface area contributed by atoms with E-state index in [1.54, 1.807) is 53.3 Å². The fourth-order valence-electron chi connectivity index (χ4n) is 1.88. The maximum absolute atomic E-state index is 12.3. The van der Waals surface area contributed by atoms with Crippen LogP contribution in [0.5, 0.6) is 0 Å². The van der Waals surface area contributed by atoms with Gasteiger partial charge in [0.25, 0.3) is 0 Å². The molecule has 0 heterocycles. The molecule has 1 atom stereocenters. The second kappa shape index (κ2) is 11.9. The summed E-state index contributed by atoms with van der Waals surface area (Å²) < 4.78 is 10.3. The van der Waals surface area contributed by atoms with E-state index in [0.717, 1.165) is 5.75 Å². The molecule has 27 heavy (non-hydrogen) atoms. The van der Waals surface area contributed by atoms with Crippen molar-refractivity contribution in [2.45, 2.75) is 71.6 Å². The number of amides is 3. The molecule has 158 valence electrons. The van der Waals surface area contributed by atoms with Crippen molar-refractivity contribution in [2.75, 3.05) is 25.1 Å². The lowest BCUT2D eigenvalue weighted by atomic mass is 10.2. The topological polar surface area (TPSA) is 106 Å². The standard InChI is InChI=1S/C18H35N3O5S/c1-17(2,3)25-15(23)20-11-8-10-19-14(22)13(9-12-27-7)21-16(24)26-18(4,5)6/h13H,8-12H2,1-7H3,(H,19,22)(H,20,23)(H,21,24). The number of thioether (sulfide) groups is 1. The quantitative estimate of drug-likeness (QED) is 0.509. The number of hydrogen-bond acceptors (Lipinski definition) is 6. The first-order valence-corrected chi connectivity index (χ1v) is 10.5. The number of hydrogen-bond donors (Lipinski definition) is 3. The Labute approximate surface area is 166 Å². The van der Waals surface area contributed by atoms with E-state index in [4.69, 9.17) is 9.47 Å². The summed E-state index contributed by atoms with van der Waals surface area (Å²) in [6.07, 6.45) is 1.88. The molecular formula is C18H35N3O5S. The highest BCUT2D eigenvalue weighted by molar-refractivity contribution is 7.98. The fourth-order valence-corrected chi connectivity index (χ4v) is 2.35. The van der Waals surface area contributed by atoms with E-state index in [1.165, 1.54) is 0 Å². The molecule has 1 unspecified atom stereocenters. The summed E-state index contributed by atoms with van der Waals surface area (Å²) >= 11 is 1.59. The number of carbonyl (C=O) groups is 3. The Kier molecular flexibility index (Phi) is 11.2. The molecule has 0 spiro atoms.